The summed E-state index contributed by atoms with van der Waals surface area (Å²) in [7, 11) is 1.71. The van der Waals surface area contributed by atoms with Gasteiger partial charge in [0.2, 0.25) is 0 Å². The minimum atomic E-state index is -0.962. The second kappa shape index (κ2) is 7.51. The van der Waals surface area contributed by atoms with Crippen LogP contribution in [-0.4, -0.2) is 20.7 Å². The Kier molecular flexibility index (Phi) is 4.89. The van der Waals surface area contributed by atoms with Gasteiger partial charge in [-0.1, -0.05) is 12.1 Å². The van der Waals surface area contributed by atoms with Crippen molar-refractivity contribution in [3.63, 3.8) is 0 Å². The van der Waals surface area contributed by atoms with Crippen LogP contribution in [0.3, 0.4) is 0 Å². The standard InChI is InChI=1S/C20H13F3N4OS/c1-27-16(8-15(26-27)11-4-2-3-5-12(11)21)17-6-7-18(29-17)20(28)25-19-13(22)9-24-10-14(19)23/h2-10H,1H3,(H,24,25,28). The molecule has 0 radical (unpaired) electrons. The molecule has 0 saturated heterocycles. The Morgan fingerprint density at radius 2 is 1.76 bits per heavy atom. The van der Waals surface area contributed by atoms with Gasteiger partial charge in [0.25, 0.3) is 5.91 Å². The lowest BCUT2D eigenvalue weighted by Crippen LogP contribution is -2.13. The number of pyridine rings is 1. The van der Waals surface area contributed by atoms with Crippen molar-refractivity contribution in [2.45, 2.75) is 0 Å². The molecule has 0 atom stereocenters. The van der Waals surface area contributed by atoms with E-state index in [0.717, 1.165) is 23.7 Å². The van der Waals surface area contributed by atoms with Gasteiger partial charge in [-0.2, -0.15) is 5.10 Å². The average Bonchev–Trinajstić information content (AvgIpc) is 3.32. The summed E-state index contributed by atoms with van der Waals surface area (Å²) in [4.78, 5) is 16.7. The fourth-order valence-electron chi connectivity index (χ4n) is 2.80. The molecule has 0 aliphatic rings. The summed E-state index contributed by atoms with van der Waals surface area (Å²) >= 11 is 1.12. The van der Waals surface area contributed by atoms with Crippen molar-refractivity contribution < 1.29 is 18.0 Å². The first-order chi connectivity index (χ1) is 13.9. The summed E-state index contributed by atoms with van der Waals surface area (Å²) in [5.41, 5.74) is 0.948. The summed E-state index contributed by atoms with van der Waals surface area (Å²) in [6.45, 7) is 0. The van der Waals surface area contributed by atoms with Crippen molar-refractivity contribution in [2.75, 3.05) is 5.32 Å². The zero-order valence-electron chi connectivity index (χ0n) is 15.0. The number of thiophene rings is 1. The maximum atomic E-state index is 14.0. The van der Waals surface area contributed by atoms with Gasteiger partial charge in [-0.25, -0.2) is 13.2 Å². The van der Waals surface area contributed by atoms with Crippen LogP contribution in [0, 0.1) is 17.5 Å². The monoisotopic (exact) mass is 414 g/mol. The van der Waals surface area contributed by atoms with Crippen LogP contribution in [0.1, 0.15) is 9.67 Å². The highest BCUT2D eigenvalue weighted by Crippen LogP contribution is 2.32. The normalized spacial score (nSPS) is 10.9. The van der Waals surface area contributed by atoms with E-state index in [0.29, 0.717) is 21.8 Å². The topological polar surface area (TPSA) is 59.8 Å². The lowest BCUT2D eigenvalue weighted by molar-refractivity contribution is 0.102. The van der Waals surface area contributed by atoms with Crippen molar-refractivity contribution >= 4 is 22.9 Å². The average molecular weight is 414 g/mol. The van der Waals surface area contributed by atoms with Crippen LogP contribution in [0.5, 0.6) is 0 Å². The van der Waals surface area contributed by atoms with Crippen LogP contribution < -0.4 is 5.32 Å². The first-order valence-corrected chi connectivity index (χ1v) is 9.25. The van der Waals surface area contributed by atoms with Gasteiger partial charge in [-0.15, -0.1) is 11.3 Å². The third kappa shape index (κ3) is 3.64. The first kappa shape index (κ1) is 18.9. The third-order valence-electron chi connectivity index (χ3n) is 4.20. The Labute approximate surface area is 167 Å². The van der Waals surface area contributed by atoms with Crippen LogP contribution in [0.4, 0.5) is 18.9 Å². The first-order valence-electron chi connectivity index (χ1n) is 8.43. The van der Waals surface area contributed by atoms with E-state index in [-0.39, 0.29) is 10.7 Å². The molecule has 0 unspecified atom stereocenters. The van der Waals surface area contributed by atoms with Gasteiger partial charge < -0.3 is 5.32 Å². The van der Waals surface area contributed by atoms with Gasteiger partial charge >= 0.3 is 0 Å². The zero-order valence-corrected chi connectivity index (χ0v) is 15.8. The number of carbonyl (C=O) groups excluding carboxylic acids is 1. The quantitative estimate of drug-likeness (QED) is 0.518. The molecule has 1 aromatic carbocycles. The summed E-state index contributed by atoms with van der Waals surface area (Å²) in [5, 5.41) is 6.56. The van der Waals surface area contributed by atoms with Gasteiger partial charge in [0, 0.05) is 12.6 Å². The summed E-state index contributed by atoms with van der Waals surface area (Å²) in [5.74, 6) is -2.96. The van der Waals surface area contributed by atoms with E-state index in [1.54, 1.807) is 48.1 Å². The molecule has 0 bridgehead atoms. The van der Waals surface area contributed by atoms with Crippen molar-refractivity contribution in [3.8, 4) is 21.8 Å². The van der Waals surface area contributed by atoms with E-state index >= 15 is 0 Å². The molecule has 4 rings (SSSR count). The number of nitrogens with one attached hydrogen (secondary N) is 1. The van der Waals surface area contributed by atoms with Gasteiger partial charge in [0.1, 0.15) is 11.5 Å². The van der Waals surface area contributed by atoms with Gasteiger partial charge in [-0.3, -0.25) is 14.5 Å². The SMILES string of the molecule is Cn1nc(-c2ccccc2F)cc1-c1ccc(C(=O)Nc2c(F)cncc2F)s1. The molecule has 3 aromatic heterocycles. The fraction of sp³-hybridized carbons (Fsp3) is 0.0500. The van der Waals surface area contributed by atoms with Crippen LogP contribution in [0.15, 0.2) is 54.9 Å². The van der Waals surface area contributed by atoms with Crippen LogP contribution in [-0.2, 0) is 7.05 Å². The lowest BCUT2D eigenvalue weighted by atomic mass is 10.1. The molecule has 146 valence electrons. The maximum Gasteiger partial charge on any atom is 0.265 e. The van der Waals surface area contributed by atoms with Crippen molar-refractivity contribution in [2.24, 2.45) is 7.05 Å². The second-order valence-corrected chi connectivity index (χ2v) is 7.20. The number of nitrogens with zero attached hydrogens (tertiary/aromatic N) is 3. The zero-order chi connectivity index (χ0) is 20.5. The molecular weight excluding hydrogens is 401 g/mol. The molecular formula is C20H13F3N4OS. The number of amides is 1. The number of hydrogen-bond donors (Lipinski definition) is 1. The molecule has 29 heavy (non-hydrogen) atoms. The predicted molar refractivity (Wildman–Crippen MR) is 104 cm³/mol. The number of aromatic nitrogens is 3. The molecule has 5 nitrogen and oxygen atoms in total. The fourth-order valence-corrected chi connectivity index (χ4v) is 3.75. The summed E-state index contributed by atoms with van der Waals surface area (Å²) in [6.07, 6.45) is 1.64. The Bertz CT molecular complexity index is 1200. The predicted octanol–water partition coefficient (Wildman–Crippen LogP) is 4.88. The van der Waals surface area contributed by atoms with Crippen molar-refractivity contribution in [1.29, 1.82) is 0 Å². The van der Waals surface area contributed by atoms with E-state index in [1.807, 2.05) is 0 Å². The maximum absolute atomic E-state index is 14.0. The van der Waals surface area contributed by atoms with Crippen molar-refractivity contribution in [1.82, 2.24) is 14.8 Å². The number of carbonyl (C=O) groups is 1. The highest BCUT2D eigenvalue weighted by Gasteiger charge is 2.18. The third-order valence-corrected chi connectivity index (χ3v) is 5.31. The van der Waals surface area contributed by atoms with Gasteiger partial charge in [0.05, 0.1) is 33.5 Å². The Balaban J connectivity index is 1.61. The molecule has 0 spiro atoms. The molecule has 0 aliphatic carbocycles. The Morgan fingerprint density at radius 3 is 2.48 bits per heavy atom. The van der Waals surface area contributed by atoms with Crippen LogP contribution in [0.25, 0.3) is 21.8 Å². The Hall–Kier alpha value is -3.46. The van der Waals surface area contributed by atoms with Crippen LogP contribution >= 0.6 is 11.3 Å². The van der Waals surface area contributed by atoms with Crippen LogP contribution in [0.2, 0.25) is 0 Å². The lowest BCUT2D eigenvalue weighted by Gasteiger charge is -2.05. The highest BCUT2D eigenvalue weighted by atomic mass is 32.1. The van der Waals surface area contributed by atoms with E-state index in [4.69, 9.17) is 0 Å². The van der Waals surface area contributed by atoms with E-state index < -0.39 is 23.2 Å². The number of aryl methyl sites for hydroxylation is 1. The van der Waals surface area contributed by atoms with E-state index in [9.17, 15) is 18.0 Å². The number of benzene rings is 1. The Morgan fingerprint density at radius 1 is 1.03 bits per heavy atom. The molecule has 0 aliphatic heterocycles. The van der Waals surface area contributed by atoms with Gasteiger partial charge in [-0.05, 0) is 30.3 Å². The van der Waals surface area contributed by atoms with Gasteiger partial charge in [0.15, 0.2) is 11.6 Å². The molecule has 4 aromatic rings. The number of hydrogen-bond acceptors (Lipinski definition) is 4. The molecule has 1 N–H and O–H groups in total. The molecule has 1 amide bonds. The minimum absolute atomic E-state index is 0.254. The molecule has 3 heterocycles. The van der Waals surface area contributed by atoms with E-state index in [1.165, 1.54) is 6.07 Å². The second-order valence-electron chi connectivity index (χ2n) is 6.11. The largest absolute Gasteiger partial charge is 0.316 e. The summed E-state index contributed by atoms with van der Waals surface area (Å²) < 4.78 is 43.0. The number of halogens is 3. The molecule has 0 fully saturated rings. The molecule has 0 saturated carbocycles. The number of rotatable bonds is 4. The molecule has 9 heteroatoms. The van der Waals surface area contributed by atoms with E-state index in [2.05, 4.69) is 15.4 Å². The summed E-state index contributed by atoms with van der Waals surface area (Å²) in [6, 6.07) is 11.3. The highest BCUT2D eigenvalue weighted by molar-refractivity contribution is 7.17. The number of anilines is 1. The van der Waals surface area contributed by atoms with Crippen molar-refractivity contribution in [3.05, 3.63) is 77.2 Å². The minimum Gasteiger partial charge on any atom is -0.316 e. The smallest absolute Gasteiger partial charge is 0.265 e.